The highest BCUT2D eigenvalue weighted by Crippen LogP contribution is 2.50. The van der Waals surface area contributed by atoms with Crippen LogP contribution in [0.1, 0.15) is 13.8 Å². The topological polar surface area (TPSA) is 39.1 Å². The molecule has 3 aromatic carbocycles. The highest BCUT2D eigenvalue weighted by atomic mass is 32.2. The standard InChI is InChI=1S/C27H25FN4OS2/c1-4-31(5-2)20-16-12-19(13-17-20)29-27-32(21-14-10-18(28)11-15-21)25(33)24(35-27)26-30(3)22-8-6-7-9-23(22)34-26/h6-17H,4-5H2,1-3H3. The van der Waals surface area contributed by atoms with E-state index in [-0.39, 0.29) is 11.7 Å². The zero-order valence-corrected chi connectivity index (χ0v) is 21.4. The van der Waals surface area contributed by atoms with Crippen molar-refractivity contribution in [3.63, 3.8) is 0 Å². The average molecular weight is 505 g/mol. The number of amidine groups is 1. The average Bonchev–Trinajstić information content (AvgIpc) is 3.38. The van der Waals surface area contributed by atoms with Crippen LogP contribution < -0.4 is 14.7 Å². The molecule has 0 aromatic heterocycles. The molecule has 0 atom stereocenters. The number of nitrogens with zero attached hydrogens (tertiary/aromatic N) is 4. The predicted molar refractivity (Wildman–Crippen MR) is 146 cm³/mol. The third-order valence-electron chi connectivity index (χ3n) is 6.00. The summed E-state index contributed by atoms with van der Waals surface area (Å²) in [5, 5.41) is 1.42. The van der Waals surface area contributed by atoms with Gasteiger partial charge in [-0.3, -0.25) is 9.69 Å². The summed E-state index contributed by atoms with van der Waals surface area (Å²) in [7, 11) is 1.97. The lowest BCUT2D eigenvalue weighted by Gasteiger charge is -2.21. The summed E-state index contributed by atoms with van der Waals surface area (Å²) in [5.74, 6) is -0.513. The number of fused-ring (bicyclic) bond motifs is 1. The molecule has 0 bridgehead atoms. The molecule has 5 nitrogen and oxygen atoms in total. The third-order valence-corrected chi connectivity index (χ3v) is 8.40. The SMILES string of the molecule is CCN(CC)c1ccc(N=C2SC(=C3Sc4ccccc4N3C)C(=O)N2c2ccc(F)cc2)cc1. The molecule has 0 saturated carbocycles. The zero-order valence-electron chi connectivity index (χ0n) is 19.7. The Morgan fingerprint density at radius 1 is 0.914 bits per heavy atom. The van der Waals surface area contributed by atoms with Gasteiger partial charge in [-0.2, -0.15) is 0 Å². The lowest BCUT2D eigenvalue weighted by Crippen LogP contribution is -2.29. The monoisotopic (exact) mass is 504 g/mol. The van der Waals surface area contributed by atoms with E-state index in [9.17, 15) is 9.18 Å². The number of carbonyl (C=O) groups excluding carboxylic acids is 1. The molecular formula is C27H25FN4OS2. The Bertz CT molecular complexity index is 1320. The van der Waals surface area contributed by atoms with Crippen LogP contribution in [0.15, 0.2) is 92.6 Å². The van der Waals surface area contributed by atoms with Gasteiger partial charge in [-0.1, -0.05) is 23.9 Å². The minimum atomic E-state index is -0.348. The van der Waals surface area contributed by atoms with Gasteiger partial charge in [0.1, 0.15) is 10.7 Å². The Morgan fingerprint density at radius 2 is 1.60 bits per heavy atom. The molecular weight excluding hydrogens is 479 g/mol. The fraction of sp³-hybridized carbons (Fsp3) is 0.185. The van der Waals surface area contributed by atoms with Crippen LogP contribution in [0.3, 0.4) is 0 Å². The number of thioether (sulfide) groups is 2. The predicted octanol–water partition coefficient (Wildman–Crippen LogP) is 6.85. The number of halogens is 1. The number of benzene rings is 3. The molecule has 0 N–H and O–H groups in total. The van der Waals surface area contributed by atoms with E-state index < -0.39 is 0 Å². The van der Waals surface area contributed by atoms with Gasteiger partial charge in [0.05, 0.1) is 22.1 Å². The maximum Gasteiger partial charge on any atom is 0.274 e. The number of carbonyl (C=O) groups is 1. The first-order valence-corrected chi connectivity index (χ1v) is 13.1. The fourth-order valence-corrected chi connectivity index (χ4v) is 6.48. The van der Waals surface area contributed by atoms with Crippen LogP contribution in [0.25, 0.3) is 0 Å². The Labute approximate surface area is 213 Å². The molecule has 178 valence electrons. The van der Waals surface area contributed by atoms with Crippen LogP contribution in [0, 0.1) is 5.82 Å². The quantitative estimate of drug-likeness (QED) is 0.355. The largest absolute Gasteiger partial charge is 0.372 e. The van der Waals surface area contributed by atoms with Crippen molar-refractivity contribution in [1.82, 2.24) is 0 Å². The highest BCUT2D eigenvalue weighted by Gasteiger charge is 2.40. The molecule has 2 heterocycles. The Hall–Kier alpha value is -3.23. The summed E-state index contributed by atoms with van der Waals surface area (Å²) < 4.78 is 13.6. The van der Waals surface area contributed by atoms with E-state index in [4.69, 9.17) is 4.99 Å². The summed E-state index contributed by atoms with van der Waals surface area (Å²) in [5.41, 5.74) is 3.54. The molecule has 8 heteroatoms. The maximum atomic E-state index is 13.7. The Morgan fingerprint density at radius 3 is 2.26 bits per heavy atom. The van der Waals surface area contributed by atoms with E-state index in [0.717, 1.165) is 40.1 Å². The number of amides is 1. The minimum absolute atomic E-state index is 0.165. The molecule has 1 saturated heterocycles. The number of rotatable bonds is 5. The molecule has 5 rings (SSSR count). The number of aliphatic imine (C=N–C) groups is 1. The number of hydrogen-bond donors (Lipinski definition) is 0. The molecule has 0 aliphatic carbocycles. The molecule has 35 heavy (non-hydrogen) atoms. The molecule has 3 aromatic rings. The minimum Gasteiger partial charge on any atom is -0.372 e. The van der Waals surface area contributed by atoms with E-state index in [1.165, 1.54) is 23.9 Å². The second-order valence-electron chi connectivity index (χ2n) is 8.07. The molecule has 0 unspecified atom stereocenters. The summed E-state index contributed by atoms with van der Waals surface area (Å²) in [6.07, 6.45) is 0. The van der Waals surface area contributed by atoms with Crippen molar-refractivity contribution >= 4 is 57.3 Å². The van der Waals surface area contributed by atoms with Crippen LogP contribution in [0.5, 0.6) is 0 Å². The smallest absolute Gasteiger partial charge is 0.274 e. The van der Waals surface area contributed by atoms with Crippen molar-refractivity contribution in [2.75, 3.05) is 34.8 Å². The molecule has 0 radical (unpaired) electrons. The van der Waals surface area contributed by atoms with Gasteiger partial charge in [0.25, 0.3) is 5.91 Å². The van der Waals surface area contributed by atoms with Crippen LogP contribution >= 0.6 is 23.5 Å². The number of anilines is 3. The first-order valence-electron chi connectivity index (χ1n) is 11.5. The van der Waals surface area contributed by atoms with Crippen molar-refractivity contribution in [3.05, 3.63) is 88.5 Å². The lowest BCUT2D eigenvalue weighted by atomic mass is 10.2. The lowest BCUT2D eigenvalue weighted by molar-refractivity contribution is -0.113. The first kappa shape index (κ1) is 23.5. The van der Waals surface area contributed by atoms with Gasteiger partial charge in [-0.05, 0) is 86.3 Å². The normalized spacial score (nSPS) is 18.5. The van der Waals surface area contributed by atoms with E-state index in [1.807, 2.05) is 54.4 Å². The van der Waals surface area contributed by atoms with Crippen molar-refractivity contribution in [3.8, 4) is 0 Å². The summed E-state index contributed by atoms with van der Waals surface area (Å²) in [6.45, 7) is 6.11. The zero-order chi connectivity index (χ0) is 24.5. The van der Waals surface area contributed by atoms with Crippen molar-refractivity contribution in [2.24, 2.45) is 4.99 Å². The van der Waals surface area contributed by atoms with E-state index in [0.29, 0.717) is 15.8 Å². The van der Waals surface area contributed by atoms with Crippen molar-refractivity contribution in [1.29, 1.82) is 0 Å². The number of hydrogen-bond acceptors (Lipinski definition) is 6. The van der Waals surface area contributed by atoms with Crippen molar-refractivity contribution in [2.45, 2.75) is 18.7 Å². The maximum absolute atomic E-state index is 13.7. The summed E-state index contributed by atoms with van der Waals surface area (Å²) >= 11 is 2.93. The van der Waals surface area contributed by atoms with Crippen molar-refractivity contribution < 1.29 is 9.18 Å². The fourth-order valence-electron chi connectivity index (χ4n) is 4.13. The van der Waals surface area contributed by atoms with Gasteiger partial charge in [0.15, 0.2) is 5.17 Å². The van der Waals surface area contributed by atoms with Crippen LogP contribution in [-0.2, 0) is 4.79 Å². The molecule has 1 fully saturated rings. The second kappa shape index (κ2) is 9.79. The molecule has 2 aliphatic heterocycles. The van der Waals surface area contributed by atoms with E-state index in [1.54, 1.807) is 28.8 Å². The summed E-state index contributed by atoms with van der Waals surface area (Å²) in [4.78, 5) is 26.2. The van der Waals surface area contributed by atoms with Gasteiger partial charge in [-0.15, -0.1) is 0 Å². The Kier molecular flexibility index (Phi) is 6.58. The van der Waals surface area contributed by atoms with Crippen LogP contribution in [0.2, 0.25) is 0 Å². The van der Waals surface area contributed by atoms with Gasteiger partial charge in [0.2, 0.25) is 0 Å². The molecule has 1 amide bonds. The van der Waals surface area contributed by atoms with Gasteiger partial charge < -0.3 is 9.80 Å². The van der Waals surface area contributed by atoms with Gasteiger partial charge >= 0.3 is 0 Å². The van der Waals surface area contributed by atoms with Crippen LogP contribution in [-0.4, -0.2) is 31.2 Å². The second-order valence-corrected chi connectivity index (χ2v) is 10.1. The Balaban J connectivity index is 1.55. The van der Waals surface area contributed by atoms with Gasteiger partial charge in [-0.25, -0.2) is 9.38 Å². The van der Waals surface area contributed by atoms with E-state index in [2.05, 4.69) is 24.8 Å². The molecule has 0 spiro atoms. The first-order chi connectivity index (χ1) is 17.0. The highest BCUT2D eigenvalue weighted by molar-refractivity contribution is 8.20. The number of para-hydroxylation sites is 1. The van der Waals surface area contributed by atoms with Crippen LogP contribution in [0.4, 0.5) is 27.1 Å². The van der Waals surface area contributed by atoms with Gasteiger partial charge in [0, 0.05) is 30.7 Å². The molecule has 2 aliphatic rings. The summed E-state index contributed by atoms with van der Waals surface area (Å²) in [6, 6.07) is 22.1. The van der Waals surface area contributed by atoms with E-state index >= 15 is 0 Å². The third kappa shape index (κ3) is 4.44.